The second-order valence-electron chi connectivity index (χ2n) is 8.10. The van der Waals surface area contributed by atoms with Gasteiger partial charge in [-0.3, -0.25) is 9.88 Å². The molecule has 0 aliphatic rings. The summed E-state index contributed by atoms with van der Waals surface area (Å²) in [5, 5.41) is 0.797. The zero-order valence-corrected chi connectivity index (χ0v) is 20.3. The standard InChI is InChI=1S/C27H33ClN2O/c1-7-20-13-11-14-21(8-2)25(20)26-18(3)27(31-6)23(19(4)29-26)17-30(5)16-22-12-9-10-15-24(22)28/h9-15H,7-8,16-17H2,1-6H3. The van der Waals surface area contributed by atoms with Crippen molar-refractivity contribution in [2.24, 2.45) is 0 Å². The van der Waals surface area contributed by atoms with Crippen molar-refractivity contribution in [2.75, 3.05) is 14.2 Å². The van der Waals surface area contributed by atoms with E-state index in [0.29, 0.717) is 0 Å². The van der Waals surface area contributed by atoms with Gasteiger partial charge in [-0.1, -0.05) is 61.8 Å². The first-order valence-electron chi connectivity index (χ1n) is 11.0. The Morgan fingerprint density at radius 2 is 1.52 bits per heavy atom. The number of aromatic nitrogens is 1. The summed E-state index contributed by atoms with van der Waals surface area (Å²) in [6, 6.07) is 14.6. The summed E-state index contributed by atoms with van der Waals surface area (Å²) in [6.07, 6.45) is 1.96. The van der Waals surface area contributed by atoms with Gasteiger partial charge in [-0.05, 0) is 56.5 Å². The van der Waals surface area contributed by atoms with Gasteiger partial charge in [0, 0.05) is 40.5 Å². The lowest BCUT2D eigenvalue weighted by Gasteiger charge is -2.24. The highest BCUT2D eigenvalue weighted by atomic mass is 35.5. The summed E-state index contributed by atoms with van der Waals surface area (Å²) in [7, 11) is 3.86. The van der Waals surface area contributed by atoms with Gasteiger partial charge in [-0.25, -0.2) is 0 Å². The van der Waals surface area contributed by atoms with Gasteiger partial charge >= 0.3 is 0 Å². The molecule has 0 fully saturated rings. The maximum Gasteiger partial charge on any atom is 0.130 e. The van der Waals surface area contributed by atoms with Gasteiger partial charge in [0.15, 0.2) is 0 Å². The first-order chi connectivity index (χ1) is 14.9. The molecule has 0 N–H and O–H groups in total. The molecule has 0 aliphatic carbocycles. The molecule has 0 aliphatic heterocycles. The fourth-order valence-corrected chi connectivity index (χ4v) is 4.51. The number of rotatable bonds is 8. The fraction of sp³-hybridized carbons (Fsp3) is 0.370. The molecule has 0 amide bonds. The van der Waals surface area contributed by atoms with Crippen LogP contribution in [0.4, 0.5) is 0 Å². The lowest BCUT2D eigenvalue weighted by molar-refractivity contribution is 0.308. The third-order valence-electron chi connectivity index (χ3n) is 5.95. The van der Waals surface area contributed by atoms with Crippen molar-refractivity contribution >= 4 is 11.6 Å². The number of hydrogen-bond acceptors (Lipinski definition) is 3. The molecule has 2 aromatic carbocycles. The Morgan fingerprint density at radius 3 is 2.10 bits per heavy atom. The van der Waals surface area contributed by atoms with Crippen LogP contribution >= 0.6 is 11.6 Å². The molecule has 164 valence electrons. The van der Waals surface area contributed by atoms with Gasteiger partial charge in [0.1, 0.15) is 5.75 Å². The normalized spacial score (nSPS) is 11.2. The Bertz CT molecular complexity index is 1040. The van der Waals surface area contributed by atoms with E-state index in [2.05, 4.69) is 63.9 Å². The molecule has 3 rings (SSSR count). The average molecular weight is 437 g/mol. The predicted octanol–water partition coefficient (Wildman–Crippen LogP) is 6.78. The van der Waals surface area contributed by atoms with Crippen LogP contribution in [0.1, 0.15) is 47.4 Å². The van der Waals surface area contributed by atoms with E-state index in [1.165, 1.54) is 16.7 Å². The van der Waals surface area contributed by atoms with Crippen LogP contribution in [-0.2, 0) is 25.9 Å². The minimum atomic E-state index is 0.740. The van der Waals surface area contributed by atoms with Gasteiger partial charge in [0.2, 0.25) is 0 Å². The maximum atomic E-state index is 6.37. The van der Waals surface area contributed by atoms with Crippen LogP contribution in [0.3, 0.4) is 0 Å². The van der Waals surface area contributed by atoms with Gasteiger partial charge in [-0.2, -0.15) is 0 Å². The molecule has 31 heavy (non-hydrogen) atoms. The fourth-order valence-electron chi connectivity index (χ4n) is 4.31. The van der Waals surface area contributed by atoms with E-state index in [4.69, 9.17) is 21.3 Å². The molecule has 0 radical (unpaired) electrons. The van der Waals surface area contributed by atoms with E-state index in [1.807, 2.05) is 18.2 Å². The predicted molar refractivity (Wildman–Crippen MR) is 131 cm³/mol. The Balaban J connectivity index is 2.02. The largest absolute Gasteiger partial charge is 0.496 e. The zero-order chi connectivity index (χ0) is 22.5. The third kappa shape index (κ3) is 4.94. The van der Waals surface area contributed by atoms with Crippen LogP contribution in [0.25, 0.3) is 11.3 Å². The molecular weight excluding hydrogens is 404 g/mol. The monoisotopic (exact) mass is 436 g/mol. The van der Waals surface area contributed by atoms with E-state index in [0.717, 1.165) is 64.8 Å². The molecule has 1 aromatic heterocycles. The molecule has 0 atom stereocenters. The van der Waals surface area contributed by atoms with Crippen molar-refractivity contribution in [3.05, 3.63) is 81.0 Å². The Morgan fingerprint density at radius 1 is 0.903 bits per heavy atom. The van der Waals surface area contributed by atoms with E-state index in [9.17, 15) is 0 Å². The van der Waals surface area contributed by atoms with Gasteiger partial charge in [-0.15, -0.1) is 0 Å². The highest BCUT2D eigenvalue weighted by Crippen LogP contribution is 2.37. The molecule has 1 heterocycles. The minimum absolute atomic E-state index is 0.740. The molecule has 3 aromatic rings. The molecule has 0 unspecified atom stereocenters. The zero-order valence-electron chi connectivity index (χ0n) is 19.6. The minimum Gasteiger partial charge on any atom is -0.496 e. The van der Waals surface area contributed by atoms with Gasteiger partial charge in [0.05, 0.1) is 12.8 Å². The second kappa shape index (κ2) is 10.3. The topological polar surface area (TPSA) is 25.4 Å². The van der Waals surface area contributed by atoms with Crippen LogP contribution in [0.15, 0.2) is 42.5 Å². The number of ether oxygens (including phenoxy) is 1. The van der Waals surface area contributed by atoms with E-state index >= 15 is 0 Å². The molecule has 0 spiro atoms. The quantitative estimate of drug-likeness (QED) is 0.389. The number of aryl methyl sites for hydroxylation is 3. The summed E-state index contributed by atoms with van der Waals surface area (Å²) in [6.45, 7) is 10.1. The number of nitrogens with zero attached hydrogens (tertiary/aromatic N) is 2. The Hall–Kier alpha value is -2.36. The second-order valence-corrected chi connectivity index (χ2v) is 8.51. The lowest BCUT2D eigenvalue weighted by Crippen LogP contribution is -2.19. The van der Waals surface area contributed by atoms with Crippen molar-refractivity contribution in [2.45, 2.75) is 53.6 Å². The first-order valence-corrected chi connectivity index (χ1v) is 11.4. The van der Waals surface area contributed by atoms with Crippen molar-refractivity contribution in [3.63, 3.8) is 0 Å². The summed E-state index contributed by atoms with van der Waals surface area (Å²) < 4.78 is 5.95. The van der Waals surface area contributed by atoms with Crippen molar-refractivity contribution in [1.82, 2.24) is 9.88 Å². The van der Waals surface area contributed by atoms with Crippen molar-refractivity contribution in [1.29, 1.82) is 0 Å². The number of pyridine rings is 1. The van der Waals surface area contributed by atoms with Crippen LogP contribution in [0.2, 0.25) is 5.02 Å². The SMILES string of the molecule is CCc1cccc(CC)c1-c1nc(C)c(CN(C)Cc2ccccc2Cl)c(OC)c1C. The summed E-state index contributed by atoms with van der Waals surface area (Å²) in [4.78, 5) is 7.37. The van der Waals surface area contributed by atoms with Crippen LogP contribution < -0.4 is 4.74 Å². The Kier molecular flexibility index (Phi) is 7.74. The molecule has 3 nitrogen and oxygen atoms in total. The van der Waals surface area contributed by atoms with Crippen LogP contribution in [-0.4, -0.2) is 24.0 Å². The number of benzene rings is 2. The summed E-state index contributed by atoms with van der Waals surface area (Å²) in [5.41, 5.74) is 9.34. The molecule has 0 bridgehead atoms. The molecule has 4 heteroatoms. The highest BCUT2D eigenvalue weighted by molar-refractivity contribution is 6.31. The third-order valence-corrected chi connectivity index (χ3v) is 6.32. The van der Waals surface area contributed by atoms with Crippen molar-refractivity contribution in [3.8, 4) is 17.0 Å². The van der Waals surface area contributed by atoms with E-state index < -0.39 is 0 Å². The summed E-state index contributed by atoms with van der Waals surface area (Å²) >= 11 is 6.37. The van der Waals surface area contributed by atoms with Crippen molar-refractivity contribution < 1.29 is 4.74 Å². The maximum absolute atomic E-state index is 6.37. The lowest BCUT2D eigenvalue weighted by atomic mass is 9.91. The molecular formula is C27H33ClN2O. The average Bonchev–Trinajstić information content (AvgIpc) is 2.77. The number of halogens is 1. The molecule has 0 saturated heterocycles. The Labute approximate surface area is 192 Å². The van der Waals surface area contributed by atoms with Crippen LogP contribution in [0, 0.1) is 13.8 Å². The van der Waals surface area contributed by atoms with Gasteiger partial charge in [0.25, 0.3) is 0 Å². The van der Waals surface area contributed by atoms with Gasteiger partial charge < -0.3 is 4.74 Å². The van der Waals surface area contributed by atoms with Crippen LogP contribution in [0.5, 0.6) is 5.75 Å². The highest BCUT2D eigenvalue weighted by Gasteiger charge is 2.21. The van der Waals surface area contributed by atoms with E-state index in [-0.39, 0.29) is 0 Å². The smallest absolute Gasteiger partial charge is 0.130 e. The first kappa shape index (κ1) is 23.3. The summed E-state index contributed by atoms with van der Waals surface area (Å²) in [5.74, 6) is 0.932. The number of methoxy groups -OCH3 is 1. The molecule has 0 saturated carbocycles. The van der Waals surface area contributed by atoms with E-state index in [1.54, 1.807) is 7.11 Å². The number of hydrogen-bond donors (Lipinski definition) is 0.